The Bertz CT molecular complexity index is 914. The standard InChI is InChI=1S/C22H27N3O4/c1-4-16(3)17-6-8-19(9-7-17)28-14-20-10-11-21(29-20)22(26)24-18-12-23-25(13-18)15-27-5-2/h6-13,16H,4-5,14-15H2,1-3H3,(H,24,26). The third-order valence-electron chi connectivity index (χ3n) is 4.65. The van der Waals surface area contributed by atoms with Gasteiger partial charge in [-0.05, 0) is 49.1 Å². The molecular weight excluding hydrogens is 370 g/mol. The number of hydrogen-bond donors (Lipinski definition) is 1. The molecule has 1 N–H and O–H groups in total. The van der Waals surface area contributed by atoms with Gasteiger partial charge in [0.15, 0.2) is 5.76 Å². The molecule has 2 aromatic heterocycles. The van der Waals surface area contributed by atoms with Crippen molar-refractivity contribution in [2.24, 2.45) is 0 Å². The van der Waals surface area contributed by atoms with E-state index < -0.39 is 0 Å². The lowest BCUT2D eigenvalue weighted by Crippen LogP contribution is -2.10. The maximum Gasteiger partial charge on any atom is 0.291 e. The lowest BCUT2D eigenvalue weighted by molar-refractivity contribution is 0.0792. The van der Waals surface area contributed by atoms with Crippen LogP contribution in [0.3, 0.4) is 0 Å². The Morgan fingerprint density at radius 2 is 2.00 bits per heavy atom. The first-order valence-corrected chi connectivity index (χ1v) is 9.82. The van der Waals surface area contributed by atoms with Crippen molar-refractivity contribution in [3.8, 4) is 5.75 Å². The first kappa shape index (κ1) is 20.7. The van der Waals surface area contributed by atoms with E-state index in [1.54, 1.807) is 29.2 Å². The van der Waals surface area contributed by atoms with E-state index in [-0.39, 0.29) is 18.3 Å². The highest BCUT2D eigenvalue weighted by molar-refractivity contribution is 6.02. The van der Waals surface area contributed by atoms with Gasteiger partial charge in [0.25, 0.3) is 5.91 Å². The lowest BCUT2D eigenvalue weighted by atomic mass is 9.99. The molecule has 2 heterocycles. The second-order valence-corrected chi connectivity index (χ2v) is 6.78. The fourth-order valence-electron chi connectivity index (χ4n) is 2.74. The van der Waals surface area contributed by atoms with Gasteiger partial charge in [-0.2, -0.15) is 5.10 Å². The first-order chi connectivity index (χ1) is 14.1. The molecule has 0 aliphatic carbocycles. The summed E-state index contributed by atoms with van der Waals surface area (Å²) in [7, 11) is 0. The van der Waals surface area contributed by atoms with Crippen LogP contribution in [0.15, 0.2) is 53.2 Å². The highest BCUT2D eigenvalue weighted by atomic mass is 16.5. The number of rotatable bonds is 10. The Balaban J connectivity index is 1.52. The summed E-state index contributed by atoms with van der Waals surface area (Å²) in [6.45, 7) is 7.48. The number of carbonyl (C=O) groups is 1. The van der Waals surface area contributed by atoms with Gasteiger partial charge in [-0.1, -0.05) is 26.0 Å². The molecule has 3 rings (SSSR count). The minimum absolute atomic E-state index is 0.216. The van der Waals surface area contributed by atoms with E-state index in [2.05, 4.69) is 36.4 Å². The van der Waals surface area contributed by atoms with Crippen molar-refractivity contribution in [3.05, 3.63) is 65.9 Å². The van der Waals surface area contributed by atoms with Crippen molar-refractivity contribution in [2.75, 3.05) is 11.9 Å². The second kappa shape index (κ2) is 9.93. The van der Waals surface area contributed by atoms with Crippen molar-refractivity contribution in [2.45, 2.75) is 46.4 Å². The molecule has 0 spiro atoms. The summed E-state index contributed by atoms with van der Waals surface area (Å²) >= 11 is 0. The summed E-state index contributed by atoms with van der Waals surface area (Å²) in [6, 6.07) is 11.4. The fraction of sp³-hybridized carbons (Fsp3) is 0.364. The van der Waals surface area contributed by atoms with Crippen molar-refractivity contribution >= 4 is 11.6 Å². The predicted molar refractivity (Wildman–Crippen MR) is 110 cm³/mol. The van der Waals surface area contributed by atoms with Gasteiger partial charge >= 0.3 is 0 Å². The Morgan fingerprint density at radius 1 is 1.21 bits per heavy atom. The number of carbonyl (C=O) groups excluding carboxylic acids is 1. The molecule has 29 heavy (non-hydrogen) atoms. The van der Waals surface area contributed by atoms with Gasteiger partial charge in [-0.15, -0.1) is 0 Å². The molecule has 0 aliphatic rings. The van der Waals surface area contributed by atoms with E-state index in [0.29, 0.717) is 30.7 Å². The number of nitrogens with zero attached hydrogens (tertiary/aromatic N) is 2. The Kier molecular flexibility index (Phi) is 7.08. The monoisotopic (exact) mass is 397 g/mol. The summed E-state index contributed by atoms with van der Waals surface area (Å²) < 4.78 is 18.2. The third-order valence-corrected chi connectivity index (χ3v) is 4.65. The molecule has 0 radical (unpaired) electrons. The Morgan fingerprint density at radius 3 is 2.72 bits per heavy atom. The van der Waals surface area contributed by atoms with Crippen molar-refractivity contribution < 1.29 is 18.7 Å². The number of furan rings is 1. The van der Waals surface area contributed by atoms with Crippen LogP contribution in [0.25, 0.3) is 0 Å². The molecule has 154 valence electrons. The number of hydrogen-bond acceptors (Lipinski definition) is 5. The zero-order valence-electron chi connectivity index (χ0n) is 17.1. The van der Waals surface area contributed by atoms with Gasteiger partial charge in [0, 0.05) is 6.61 Å². The lowest BCUT2D eigenvalue weighted by Gasteiger charge is -2.10. The Labute approximate surface area is 170 Å². The van der Waals surface area contributed by atoms with E-state index in [0.717, 1.165) is 12.2 Å². The number of aromatic nitrogens is 2. The molecule has 3 aromatic rings. The number of anilines is 1. The van der Waals surface area contributed by atoms with Gasteiger partial charge in [0.05, 0.1) is 18.1 Å². The fourth-order valence-corrected chi connectivity index (χ4v) is 2.74. The summed E-state index contributed by atoms with van der Waals surface area (Å²) in [4.78, 5) is 12.3. The van der Waals surface area contributed by atoms with Crippen LogP contribution in [0.4, 0.5) is 5.69 Å². The van der Waals surface area contributed by atoms with Gasteiger partial charge in [-0.25, -0.2) is 4.68 Å². The zero-order valence-corrected chi connectivity index (χ0v) is 17.1. The number of benzene rings is 1. The molecule has 1 atom stereocenters. The zero-order chi connectivity index (χ0) is 20.6. The highest BCUT2D eigenvalue weighted by Gasteiger charge is 2.13. The minimum Gasteiger partial charge on any atom is -0.486 e. The van der Waals surface area contributed by atoms with Crippen LogP contribution >= 0.6 is 0 Å². The summed E-state index contributed by atoms with van der Waals surface area (Å²) in [6.07, 6.45) is 4.36. The van der Waals surface area contributed by atoms with E-state index in [4.69, 9.17) is 13.9 Å². The van der Waals surface area contributed by atoms with Crippen LogP contribution in [-0.2, 0) is 18.1 Å². The van der Waals surface area contributed by atoms with Gasteiger partial charge in [-0.3, -0.25) is 4.79 Å². The molecular formula is C22H27N3O4. The largest absolute Gasteiger partial charge is 0.486 e. The molecule has 0 fully saturated rings. The van der Waals surface area contributed by atoms with Crippen LogP contribution in [0.1, 0.15) is 55.0 Å². The minimum atomic E-state index is -0.342. The van der Waals surface area contributed by atoms with E-state index in [9.17, 15) is 4.79 Å². The van der Waals surface area contributed by atoms with E-state index >= 15 is 0 Å². The number of nitrogens with one attached hydrogen (secondary N) is 1. The molecule has 1 aromatic carbocycles. The Hall–Kier alpha value is -3.06. The van der Waals surface area contributed by atoms with Gasteiger partial charge in [0.1, 0.15) is 24.8 Å². The molecule has 7 heteroatoms. The van der Waals surface area contributed by atoms with E-state index in [1.807, 2.05) is 19.1 Å². The summed E-state index contributed by atoms with van der Waals surface area (Å²) in [5, 5.41) is 6.87. The average molecular weight is 397 g/mol. The van der Waals surface area contributed by atoms with Crippen LogP contribution in [-0.4, -0.2) is 22.3 Å². The topological polar surface area (TPSA) is 78.5 Å². The highest BCUT2D eigenvalue weighted by Crippen LogP contribution is 2.22. The summed E-state index contributed by atoms with van der Waals surface area (Å²) in [5.41, 5.74) is 1.87. The molecule has 0 aliphatic heterocycles. The third kappa shape index (κ3) is 5.71. The maximum atomic E-state index is 12.3. The van der Waals surface area contributed by atoms with Crippen LogP contribution in [0.5, 0.6) is 5.75 Å². The normalized spacial score (nSPS) is 12.0. The molecule has 1 unspecified atom stereocenters. The maximum absolute atomic E-state index is 12.3. The van der Waals surface area contributed by atoms with Crippen molar-refractivity contribution in [3.63, 3.8) is 0 Å². The number of ether oxygens (including phenoxy) is 2. The average Bonchev–Trinajstić information content (AvgIpc) is 3.40. The molecule has 0 saturated carbocycles. The molecule has 0 bridgehead atoms. The number of amides is 1. The molecule has 0 saturated heterocycles. The molecule has 1 amide bonds. The van der Waals surface area contributed by atoms with Gasteiger partial charge in [0.2, 0.25) is 0 Å². The quantitative estimate of drug-likeness (QED) is 0.531. The second-order valence-electron chi connectivity index (χ2n) is 6.78. The van der Waals surface area contributed by atoms with Crippen LogP contribution in [0, 0.1) is 0 Å². The first-order valence-electron chi connectivity index (χ1n) is 9.82. The summed E-state index contributed by atoms with van der Waals surface area (Å²) in [5.74, 6) is 1.74. The molecule has 7 nitrogen and oxygen atoms in total. The van der Waals surface area contributed by atoms with Crippen LogP contribution < -0.4 is 10.1 Å². The SMILES string of the molecule is CCOCn1cc(NC(=O)c2ccc(COc3ccc(C(C)CC)cc3)o2)cn1. The van der Waals surface area contributed by atoms with Crippen molar-refractivity contribution in [1.29, 1.82) is 0 Å². The van der Waals surface area contributed by atoms with E-state index in [1.165, 1.54) is 5.56 Å². The predicted octanol–water partition coefficient (Wildman–Crippen LogP) is 4.81. The smallest absolute Gasteiger partial charge is 0.291 e. The van der Waals surface area contributed by atoms with Crippen LogP contribution in [0.2, 0.25) is 0 Å². The van der Waals surface area contributed by atoms with Crippen molar-refractivity contribution in [1.82, 2.24) is 9.78 Å². The van der Waals surface area contributed by atoms with Gasteiger partial charge < -0.3 is 19.2 Å².